The van der Waals surface area contributed by atoms with Crippen LogP contribution in [0.25, 0.3) is 0 Å². The number of thioether (sulfide) groups is 1. The lowest BCUT2D eigenvalue weighted by Crippen LogP contribution is -2.22. The molecule has 0 aliphatic heterocycles. The molecule has 0 fully saturated rings. The minimum Gasteiger partial charge on any atom is -0.398 e. The topological polar surface area (TPSA) is 55.1 Å². The second kappa shape index (κ2) is 6.43. The zero-order valence-electron chi connectivity index (χ0n) is 9.75. The van der Waals surface area contributed by atoms with Crippen molar-refractivity contribution in [3.8, 4) is 0 Å². The number of anilines is 1. The highest BCUT2D eigenvalue weighted by Gasteiger charge is 2.04. The van der Waals surface area contributed by atoms with Gasteiger partial charge in [0.05, 0.1) is 0 Å². The third kappa shape index (κ3) is 3.77. The van der Waals surface area contributed by atoms with Crippen molar-refractivity contribution < 1.29 is 4.79 Å². The predicted molar refractivity (Wildman–Crippen MR) is 69.6 cm³/mol. The molecule has 3 N–H and O–H groups in total. The van der Waals surface area contributed by atoms with Gasteiger partial charge in [-0.15, -0.1) is 11.8 Å². The Morgan fingerprint density at radius 1 is 1.50 bits per heavy atom. The molecule has 1 aromatic rings. The fourth-order valence-corrected chi connectivity index (χ4v) is 2.32. The van der Waals surface area contributed by atoms with E-state index in [1.54, 1.807) is 11.8 Å². The normalized spacial score (nSPS) is 10.1. The van der Waals surface area contributed by atoms with Gasteiger partial charge in [-0.25, -0.2) is 0 Å². The molecule has 0 spiro atoms. The molecule has 0 atom stereocenters. The molecule has 1 aromatic carbocycles. The second-order valence-corrected chi connectivity index (χ2v) is 4.68. The van der Waals surface area contributed by atoms with Crippen LogP contribution in [0.1, 0.15) is 18.9 Å². The molecule has 1 rings (SSSR count). The Labute approximate surface area is 101 Å². The molecule has 1 amide bonds. The van der Waals surface area contributed by atoms with Crippen LogP contribution in [0.2, 0.25) is 0 Å². The Morgan fingerprint density at radius 3 is 2.94 bits per heavy atom. The maximum Gasteiger partial charge on any atom is 0.220 e. The van der Waals surface area contributed by atoms with Crippen molar-refractivity contribution in [3.05, 3.63) is 23.8 Å². The Morgan fingerprint density at radius 2 is 2.25 bits per heavy atom. The number of hydrogen-bond acceptors (Lipinski definition) is 3. The summed E-state index contributed by atoms with van der Waals surface area (Å²) >= 11 is 1.63. The number of carbonyl (C=O) groups is 1. The first-order chi connectivity index (χ1) is 7.65. The molecule has 0 heterocycles. The standard InChI is InChI=1S/C12H18N2OS/c1-3-14-11(15)7-8-16-10-6-4-5-9(2)12(10)13/h4-6H,3,7-8,13H2,1-2H3,(H,14,15). The van der Waals surface area contributed by atoms with Crippen molar-refractivity contribution in [3.63, 3.8) is 0 Å². The number of benzene rings is 1. The number of amides is 1. The van der Waals surface area contributed by atoms with Crippen LogP contribution in [0.4, 0.5) is 5.69 Å². The lowest BCUT2D eigenvalue weighted by Gasteiger charge is -2.07. The first-order valence-electron chi connectivity index (χ1n) is 5.39. The third-order valence-corrected chi connectivity index (χ3v) is 3.32. The van der Waals surface area contributed by atoms with E-state index in [-0.39, 0.29) is 5.91 Å². The summed E-state index contributed by atoms with van der Waals surface area (Å²) in [6, 6.07) is 5.97. The van der Waals surface area contributed by atoms with E-state index in [1.165, 1.54) is 0 Å². The molecule has 0 saturated carbocycles. The summed E-state index contributed by atoms with van der Waals surface area (Å²) in [6.07, 6.45) is 0.534. The average Bonchev–Trinajstić information content (AvgIpc) is 2.25. The minimum atomic E-state index is 0.0984. The molecule has 3 nitrogen and oxygen atoms in total. The Bertz CT molecular complexity index is 366. The van der Waals surface area contributed by atoms with E-state index < -0.39 is 0 Å². The predicted octanol–water partition coefficient (Wildman–Crippen LogP) is 2.20. The van der Waals surface area contributed by atoms with Gasteiger partial charge >= 0.3 is 0 Å². The van der Waals surface area contributed by atoms with Gasteiger partial charge in [0.1, 0.15) is 0 Å². The van der Waals surface area contributed by atoms with Gasteiger partial charge in [-0.2, -0.15) is 0 Å². The number of hydrogen-bond donors (Lipinski definition) is 2. The summed E-state index contributed by atoms with van der Waals surface area (Å²) in [6.45, 7) is 4.60. The minimum absolute atomic E-state index is 0.0984. The smallest absolute Gasteiger partial charge is 0.220 e. The van der Waals surface area contributed by atoms with E-state index in [1.807, 2.05) is 32.0 Å². The van der Waals surface area contributed by atoms with Crippen molar-refractivity contribution in [2.75, 3.05) is 18.0 Å². The first kappa shape index (κ1) is 12.9. The molecule has 88 valence electrons. The van der Waals surface area contributed by atoms with Gasteiger partial charge in [0.25, 0.3) is 0 Å². The van der Waals surface area contributed by atoms with E-state index in [0.717, 1.165) is 21.9 Å². The third-order valence-electron chi connectivity index (χ3n) is 2.24. The van der Waals surface area contributed by atoms with Crippen LogP contribution in [0.15, 0.2) is 23.1 Å². The number of nitrogens with one attached hydrogen (secondary N) is 1. The summed E-state index contributed by atoms with van der Waals surface area (Å²) in [5, 5.41) is 2.77. The number of rotatable bonds is 5. The zero-order valence-corrected chi connectivity index (χ0v) is 10.6. The van der Waals surface area contributed by atoms with Crippen LogP contribution < -0.4 is 11.1 Å². The number of nitrogen functional groups attached to an aromatic ring is 1. The largest absolute Gasteiger partial charge is 0.398 e. The van der Waals surface area contributed by atoms with E-state index in [2.05, 4.69) is 5.32 Å². The summed E-state index contributed by atoms with van der Waals surface area (Å²) in [7, 11) is 0. The summed E-state index contributed by atoms with van der Waals surface area (Å²) in [5.74, 6) is 0.862. The summed E-state index contributed by atoms with van der Waals surface area (Å²) in [5.41, 5.74) is 7.85. The summed E-state index contributed by atoms with van der Waals surface area (Å²) < 4.78 is 0. The molecule has 16 heavy (non-hydrogen) atoms. The second-order valence-electron chi connectivity index (χ2n) is 3.54. The molecule has 0 radical (unpaired) electrons. The summed E-state index contributed by atoms with van der Waals surface area (Å²) in [4.78, 5) is 12.3. The van der Waals surface area contributed by atoms with Crippen molar-refractivity contribution in [2.24, 2.45) is 0 Å². The molecule has 0 aromatic heterocycles. The highest BCUT2D eigenvalue weighted by atomic mass is 32.2. The van der Waals surface area contributed by atoms with Crippen molar-refractivity contribution >= 4 is 23.4 Å². The fraction of sp³-hybridized carbons (Fsp3) is 0.417. The van der Waals surface area contributed by atoms with Crippen LogP contribution >= 0.6 is 11.8 Å². The maximum atomic E-state index is 11.2. The van der Waals surface area contributed by atoms with Gasteiger partial charge in [0.2, 0.25) is 5.91 Å². The van der Waals surface area contributed by atoms with Crippen LogP contribution in [-0.4, -0.2) is 18.2 Å². The van der Waals surface area contributed by atoms with Gasteiger partial charge in [-0.05, 0) is 25.5 Å². The van der Waals surface area contributed by atoms with Crippen LogP contribution in [0, 0.1) is 6.92 Å². The quantitative estimate of drug-likeness (QED) is 0.611. The van der Waals surface area contributed by atoms with Gasteiger partial charge in [-0.1, -0.05) is 12.1 Å². The Balaban J connectivity index is 2.43. The van der Waals surface area contributed by atoms with Gasteiger partial charge in [0, 0.05) is 29.3 Å². The van der Waals surface area contributed by atoms with E-state index in [4.69, 9.17) is 5.73 Å². The molecule has 0 unspecified atom stereocenters. The number of para-hydroxylation sites is 1. The van der Waals surface area contributed by atoms with E-state index in [9.17, 15) is 4.79 Å². The Hall–Kier alpha value is -1.16. The molecular weight excluding hydrogens is 220 g/mol. The van der Waals surface area contributed by atoms with Crippen LogP contribution in [0.3, 0.4) is 0 Å². The van der Waals surface area contributed by atoms with Gasteiger partial charge < -0.3 is 11.1 Å². The number of carbonyl (C=O) groups excluding carboxylic acids is 1. The van der Waals surface area contributed by atoms with Gasteiger partial charge in [0.15, 0.2) is 0 Å². The molecule has 0 aliphatic carbocycles. The Kier molecular flexibility index (Phi) is 5.19. The van der Waals surface area contributed by atoms with E-state index >= 15 is 0 Å². The molecule has 0 saturated heterocycles. The number of nitrogens with two attached hydrogens (primary N) is 1. The average molecular weight is 238 g/mol. The molecule has 0 aliphatic rings. The highest BCUT2D eigenvalue weighted by Crippen LogP contribution is 2.27. The lowest BCUT2D eigenvalue weighted by molar-refractivity contribution is -0.120. The van der Waals surface area contributed by atoms with Gasteiger partial charge in [-0.3, -0.25) is 4.79 Å². The molecular formula is C12H18N2OS. The van der Waals surface area contributed by atoms with Crippen LogP contribution in [-0.2, 0) is 4.79 Å². The van der Waals surface area contributed by atoms with Crippen molar-refractivity contribution in [1.82, 2.24) is 5.32 Å². The molecule has 0 bridgehead atoms. The first-order valence-corrected chi connectivity index (χ1v) is 6.38. The monoisotopic (exact) mass is 238 g/mol. The maximum absolute atomic E-state index is 11.2. The van der Waals surface area contributed by atoms with Crippen molar-refractivity contribution in [2.45, 2.75) is 25.2 Å². The zero-order chi connectivity index (χ0) is 12.0. The lowest BCUT2D eigenvalue weighted by atomic mass is 10.2. The SMILES string of the molecule is CCNC(=O)CCSc1cccc(C)c1N. The van der Waals surface area contributed by atoms with Crippen molar-refractivity contribution in [1.29, 1.82) is 0 Å². The fourth-order valence-electron chi connectivity index (χ4n) is 1.32. The van der Waals surface area contributed by atoms with E-state index in [0.29, 0.717) is 13.0 Å². The molecule has 4 heteroatoms. The highest BCUT2D eigenvalue weighted by molar-refractivity contribution is 7.99. The van der Waals surface area contributed by atoms with Crippen LogP contribution in [0.5, 0.6) is 0 Å². The number of aryl methyl sites for hydroxylation is 1.